The van der Waals surface area contributed by atoms with Crippen LogP contribution in [0.1, 0.15) is 0 Å². The molecule has 3 aromatic rings. The first-order valence-electron chi connectivity index (χ1n) is 6.18. The van der Waals surface area contributed by atoms with E-state index in [9.17, 15) is 5.11 Å². The van der Waals surface area contributed by atoms with E-state index >= 15 is 0 Å². The second kappa shape index (κ2) is 4.97. The molecule has 100 valence electrons. The average molecular weight is 266 g/mol. The zero-order chi connectivity index (χ0) is 13.9. The van der Waals surface area contributed by atoms with E-state index in [0.29, 0.717) is 5.82 Å². The SMILES string of the molecule is Nc1ccc(-c2cc(Nc3ccc(O)cc3)n[nH]2)cc1. The first kappa shape index (κ1) is 12.1. The van der Waals surface area contributed by atoms with E-state index in [2.05, 4.69) is 15.5 Å². The largest absolute Gasteiger partial charge is 0.508 e. The second-order valence-corrected chi connectivity index (χ2v) is 4.46. The Balaban J connectivity index is 1.80. The highest BCUT2D eigenvalue weighted by Gasteiger charge is 2.04. The highest BCUT2D eigenvalue weighted by atomic mass is 16.3. The lowest BCUT2D eigenvalue weighted by atomic mass is 10.1. The van der Waals surface area contributed by atoms with Crippen molar-refractivity contribution in [1.29, 1.82) is 0 Å². The summed E-state index contributed by atoms with van der Waals surface area (Å²) in [6.07, 6.45) is 0. The van der Waals surface area contributed by atoms with Gasteiger partial charge in [0.15, 0.2) is 5.82 Å². The Morgan fingerprint density at radius 2 is 1.70 bits per heavy atom. The van der Waals surface area contributed by atoms with Gasteiger partial charge in [-0.3, -0.25) is 5.10 Å². The van der Waals surface area contributed by atoms with Crippen LogP contribution in [-0.4, -0.2) is 15.3 Å². The van der Waals surface area contributed by atoms with Crippen molar-refractivity contribution in [1.82, 2.24) is 10.2 Å². The molecule has 0 saturated heterocycles. The summed E-state index contributed by atoms with van der Waals surface area (Å²) in [6.45, 7) is 0. The van der Waals surface area contributed by atoms with Crippen molar-refractivity contribution in [3.63, 3.8) is 0 Å². The number of nitrogens with zero attached hydrogens (tertiary/aromatic N) is 1. The van der Waals surface area contributed by atoms with Gasteiger partial charge in [0.2, 0.25) is 0 Å². The number of nitrogens with one attached hydrogen (secondary N) is 2. The minimum Gasteiger partial charge on any atom is -0.508 e. The maximum Gasteiger partial charge on any atom is 0.152 e. The van der Waals surface area contributed by atoms with Gasteiger partial charge in [-0.1, -0.05) is 12.1 Å². The lowest BCUT2D eigenvalue weighted by Gasteiger charge is -2.01. The van der Waals surface area contributed by atoms with E-state index < -0.39 is 0 Å². The molecule has 5 heteroatoms. The van der Waals surface area contributed by atoms with Gasteiger partial charge in [0, 0.05) is 17.4 Å². The first-order valence-corrected chi connectivity index (χ1v) is 6.18. The van der Waals surface area contributed by atoms with E-state index in [-0.39, 0.29) is 5.75 Å². The Morgan fingerprint density at radius 3 is 2.40 bits per heavy atom. The molecule has 0 radical (unpaired) electrons. The predicted molar refractivity (Wildman–Crippen MR) is 79.8 cm³/mol. The van der Waals surface area contributed by atoms with Gasteiger partial charge >= 0.3 is 0 Å². The Hall–Kier alpha value is -2.95. The summed E-state index contributed by atoms with van der Waals surface area (Å²) in [4.78, 5) is 0. The molecular weight excluding hydrogens is 252 g/mol. The van der Waals surface area contributed by atoms with Gasteiger partial charge in [-0.05, 0) is 42.0 Å². The summed E-state index contributed by atoms with van der Waals surface area (Å²) in [5.74, 6) is 0.947. The molecule has 0 bridgehead atoms. The molecule has 1 heterocycles. The van der Waals surface area contributed by atoms with Gasteiger partial charge in [0.05, 0.1) is 5.69 Å². The highest BCUT2D eigenvalue weighted by molar-refractivity contribution is 5.67. The van der Waals surface area contributed by atoms with Gasteiger partial charge in [-0.2, -0.15) is 5.10 Å². The lowest BCUT2D eigenvalue weighted by Crippen LogP contribution is -1.89. The number of benzene rings is 2. The number of H-pyrrole nitrogens is 1. The Morgan fingerprint density at radius 1 is 1.00 bits per heavy atom. The summed E-state index contributed by atoms with van der Waals surface area (Å²) < 4.78 is 0. The van der Waals surface area contributed by atoms with Crippen LogP contribution in [0.4, 0.5) is 17.2 Å². The third kappa shape index (κ3) is 2.56. The van der Waals surface area contributed by atoms with Crippen molar-refractivity contribution < 1.29 is 5.11 Å². The van der Waals surface area contributed by atoms with E-state index in [1.165, 1.54) is 0 Å². The molecule has 0 saturated carbocycles. The molecular formula is C15H14N4O. The molecule has 0 spiro atoms. The van der Waals surface area contributed by atoms with Crippen LogP contribution in [0.2, 0.25) is 0 Å². The fourth-order valence-corrected chi connectivity index (χ4v) is 1.89. The van der Waals surface area contributed by atoms with Crippen molar-refractivity contribution in [2.45, 2.75) is 0 Å². The maximum absolute atomic E-state index is 9.24. The zero-order valence-electron chi connectivity index (χ0n) is 10.7. The van der Waals surface area contributed by atoms with Crippen molar-refractivity contribution in [2.75, 3.05) is 11.1 Å². The van der Waals surface area contributed by atoms with Gasteiger partial charge in [0.25, 0.3) is 0 Å². The van der Waals surface area contributed by atoms with Crippen LogP contribution in [0.3, 0.4) is 0 Å². The minimum absolute atomic E-state index is 0.236. The van der Waals surface area contributed by atoms with Gasteiger partial charge < -0.3 is 16.2 Å². The number of hydrogen-bond acceptors (Lipinski definition) is 4. The highest BCUT2D eigenvalue weighted by Crippen LogP contribution is 2.23. The van der Waals surface area contributed by atoms with Crippen LogP contribution in [-0.2, 0) is 0 Å². The number of phenolic OH excluding ortho intramolecular Hbond substituents is 1. The van der Waals surface area contributed by atoms with Crippen molar-refractivity contribution in [2.24, 2.45) is 0 Å². The fraction of sp³-hybridized carbons (Fsp3) is 0. The smallest absolute Gasteiger partial charge is 0.152 e. The third-order valence-electron chi connectivity index (χ3n) is 2.94. The number of aromatic amines is 1. The number of aromatic nitrogens is 2. The second-order valence-electron chi connectivity index (χ2n) is 4.46. The van der Waals surface area contributed by atoms with E-state index in [4.69, 9.17) is 5.73 Å². The fourth-order valence-electron chi connectivity index (χ4n) is 1.89. The first-order chi connectivity index (χ1) is 9.70. The summed E-state index contributed by atoms with van der Waals surface area (Å²) in [6, 6.07) is 16.3. The molecule has 1 aromatic heterocycles. The van der Waals surface area contributed by atoms with Gasteiger partial charge in [-0.25, -0.2) is 0 Å². The Bertz CT molecular complexity index is 701. The minimum atomic E-state index is 0.236. The maximum atomic E-state index is 9.24. The molecule has 0 fully saturated rings. The Kier molecular flexibility index (Phi) is 3.01. The zero-order valence-corrected chi connectivity index (χ0v) is 10.7. The van der Waals surface area contributed by atoms with Crippen LogP contribution >= 0.6 is 0 Å². The number of nitrogens with two attached hydrogens (primary N) is 1. The van der Waals surface area contributed by atoms with Crippen molar-refractivity contribution >= 4 is 17.2 Å². The van der Waals surface area contributed by atoms with Gasteiger partial charge in [0.1, 0.15) is 5.75 Å². The van der Waals surface area contributed by atoms with E-state index in [1.54, 1.807) is 24.3 Å². The number of phenols is 1. The molecule has 0 aliphatic rings. The molecule has 0 amide bonds. The molecule has 3 rings (SSSR count). The number of rotatable bonds is 3. The number of nitrogen functional groups attached to an aromatic ring is 1. The molecule has 0 unspecified atom stereocenters. The lowest BCUT2D eigenvalue weighted by molar-refractivity contribution is 0.475. The van der Waals surface area contributed by atoms with Crippen LogP contribution in [0, 0.1) is 0 Å². The topological polar surface area (TPSA) is 87.0 Å². The molecule has 0 atom stereocenters. The van der Waals surface area contributed by atoms with Crippen LogP contribution in [0.5, 0.6) is 5.75 Å². The molecule has 2 aromatic carbocycles. The molecule has 5 nitrogen and oxygen atoms in total. The molecule has 0 aliphatic carbocycles. The predicted octanol–water partition coefficient (Wildman–Crippen LogP) is 3.11. The normalized spacial score (nSPS) is 10.4. The number of hydrogen-bond donors (Lipinski definition) is 4. The molecule has 5 N–H and O–H groups in total. The van der Waals surface area contributed by atoms with Gasteiger partial charge in [-0.15, -0.1) is 0 Å². The summed E-state index contributed by atoms with van der Waals surface area (Å²) in [5.41, 5.74) is 9.18. The molecule has 0 aliphatic heterocycles. The van der Waals surface area contributed by atoms with Crippen LogP contribution < -0.4 is 11.1 Å². The summed E-state index contributed by atoms with van der Waals surface area (Å²) in [7, 11) is 0. The van der Waals surface area contributed by atoms with E-state index in [0.717, 1.165) is 22.6 Å². The quantitative estimate of drug-likeness (QED) is 0.433. The summed E-state index contributed by atoms with van der Waals surface area (Å²) >= 11 is 0. The number of anilines is 3. The standard InChI is InChI=1S/C15H14N4O/c16-11-3-1-10(2-4-11)14-9-15(19-18-14)17-12-5-7-13(20)8-6-12/h1-9,20H,16H2,(H2,17,18,19). The monoisotopic (exact) mass is 266 g/mol. The summed E-state index contributed by atoms with van der Waals surface area (Å²) in [5, 5.41) is 19.6. The van der Waals surface area contributed by atoms with Crippen LogP contribution in [0.25, 0.3) is 11.3 Å². The third-order valence-corrected chi connectivity index (χ3v) is 2.94. The van der Waals surface area contributed by atoms with Crippen molar-refractivity contribution in [3.05, 3.63) is 54.6 Å². The molecule has 20 heavy (non-hydrogen) atoms. The Labute approximate surface area is 116 Å². The number of aromatic hydroxyl groups is 1. The average Bonchev–Trinajstić information content (AvgIpc) is 2.91. The van der Waals surface area contributed by atoms with Crippen LogP contribution in [0.15, 0.2) is 54.6 Å². The van der Waals surface area contributed by atoms with E-state index in [1.807, 2.05) is 30.3 Å². The van der Waals surface area contributed by atoms with Crippen molar-refractivity contribution in [3.8, 4) is 17.0 Å².